The molecule has 0 radical (unpaired) electrons. The van der Waals surface area contributed by atoms with Crippen LogP contribution in [0.25, 0.3) is 0 Å². The van der Waals surface area contributed by atoms with E-state index in [0.717, 1.165) is 12.5 Å². The Morgan fingerprint density at radius 2 is 2.22 bits per heavy atom. The second-order valence-electron chi connectivity index (χ2n) is 3.33. The number of rotatable bonds is 0. The maximum absolute atomic E-state index is 5.88. The minimum absolute atomic E-state index is 0.493. The molecule has 2 aliphatic heterocycles. The maximum atomic E-state index is 5.88. The lowest BCUT2D eigenvalue weighted by Gasteiger charge is -2.21. The van der Waals surface area contributed by atoms with Crippen molar-refractivity contribution in [3.05, 3.63) is 0 Å². The van der Waals surface area contributed by atoms with Crippen LogP contribution in [0.3, 0.4) is 0 Å². The Morgan fingerprint density at radius 3 is 2.89 bits per heavy atom. The van der Waals surface area contributed by atoms with Gasteiger partial charge >= 0.3 is 0 Å². The van der Waals surface area contributed by atoms with Gasteiger partial charge in [-0.3, -0.25) is 0 Å². The summed E-state index contributed by atoms with van der Waals surface area (Å²) < 4.78 is 0. The summed E-state index contributed by atoms with van der Waals surface area (Å²) in [4.78, 5) is 2.48. The lowest BCUT2D eigenvalue weighted by atomic mass is 9.98. The quantitative estimate of drug-likeness (QED) is 0.496. The summed E-state index contributed by atoms with van der Waals surface area (Å²) in [5.41, 5.74) is 5.88. The lowest BCUT2D eigenvalue weighted by molar-refractivity contribution is 0.269. The van der Waals surface area contributed by atoms with E-state index in [0.29, 0.717) is 6.04 Å². The van der Waals surface area contributed by atoms with Crippen LogP contribution in [-0.2, 0) is 0 Å². The molecule has 2 N–H and O–H groups in total. The predicted molar refractivity (Wildman–Crippen MR) is 37.1 cm³/mol. The molecule has 2 heteroatoms. The van der Waals surface area contributed by atoms with Gasteiger partial charge in [0, 0.05) is 19.1 Å². The van der Waals surface area contributed by atoms with E-state index in [-0.39, 0.29) is 0 Å². The van der Waals surface area contributed by atoms with E-state index in [1.54, 1.807) is 0 Å². The molecule has 2 fully saturated rings. The van der Waals surface area contributed by atoms with Crippen LogP contribution in [-0.4, -0.2) is 30.6 Å². The number of nitrogens with two attached hydrogens (primary N) is 1. The van der Waals surface area contributed by atoms with E-state index in [4.69, 9.17) is 5.73 Å². The van der Waals surface area contributed by atoms with Gasteiger partial charge in [-0.1, -0.05) is 0 Å². The molecule has 1 unspecified atom stereocenters. The smallest absolute Gasteiger partial charge is 0.0208 e. The molecule has 0 amide bonds. The van der Waals surface area contributed by atoms with E-state index in [9.17, 15) is 0 Å². The van der Waals surface area contributed by atoms with Crippen molar-refractivity contribution in [2.24, 2.45) is 11.7 Å². The molecule has 2 bridgehead atoms. The first kappa shape index (κ1) is 5.69. The molecular weight excluding hydrogens is 112 g/mol. The molecule has 2 aliphatic rings. The second kappa shape index (κ2) is 1.96. The molecule has 0 spiro atoms. The van der Waals surface area contributed by atoms with Crippen LogP contribution in [0.2, 0.25) is 0 Å². The highest BCUT2D eigenvalue weighted by Crippen LogP contribution is 2.25. The zero-order valence-corrected chi connectivity index (χ0v) is 5.71. The Hall–Kier alpha value is -0.0800. The van der Waals surface area contributed by atoms with Crippen LogP contribution in [0.1, 0.15) is 12.8 Å². The van der Waals surface area contributed by atoms with Crippen LogP contribution in [0, 0.1) is 5.92 Å². The Balaban J connectivity index is 2.07. The van der Waals surface area contributed by atoms with Gasteiger partial charge in [-0.05, 0) is 25.3 Å². The van der Waals surface area contributed by atoms with Crippen molar-refractivity contribution in [1.82, 2.24) is 4.90 Å². The van der Waals surface area contributed by atoms with Crippen molar-refractivity contribution in [1.29, 1.82) is 0 Å². The number of nitrogens with zero attached hydrogens (tertiary/aromatic N) is 1. The summed E-state index contributed by atoms with van der Waals surface area (Å²) in [6.07, 6.45) is 2.75. The van der Waals surface area contributed by atoms with Gasteiger partial charge in [-0.25, -0.2) is 0 Å². The zero-order chi connectivity index (χ0) is 6.27. The first-order valence-electron chi connectivity index (χ1n) is 3.84. The van der Waals surface area contributed by atoms with E-state index in [1.165, 1.54) is 25.9 Å². The van der Waals surface area contributed by atoms with Crippen molar-refractivity contribution in [2.45, 2.75) is 18.9 Å². The van der Waals surface area contributed by atoms with Crippen molar-refractivity contribution < 1.29 is 0 Å². The second-order valence-corrected chi connectivity index (χ2v) is 3.33. The molecule has 0 aromatic carbocycles. The fraction of sp³-hybridized carbons (Fsp3) is 1.00. The molecular formula is C7H14N2. The summed E-state index contributed by atoms with van der Waals surface area (Å²) in [7, 11) is 0. The third-order valence-electron chi connectivity index (χ3n) is 2.62. The largest absolute Gasteiger partial charge is 0.326 e. The van der Waals surface area contributed by atoms with Gasteiger partial charge in [0.05, 0.1) is 0 Å². The highest BCUT2D eigenvalue weighted by atomic mass is 15.2. The number of hydrogen-bond donors (Lipinski definition) is 1. The molecule has 3 atom stereocenters. The molecule has 2 rings (SSSR count). The van der Waals surface area contributed by atoms with Crippen molar-refractivity contribution >= 4 is 0 Å². The average Bonchev–Trinajstić information content (AvgIpc) is 2.09. The van der Waals surface area contributed by atoms with E-state index in [2.05, 4.69) is 4.90 Å². The van der Waals surface area contributed by atoms with Crippen LogP contribution >= 0.6 is 0 Å². The van der Waals surface area contributed by atoms with Crippen LogP contribution in [0.15, 0.2) is 0 Å². The molecule has 52 valence electrons. The Kier molecular flexibility index (Phi) is 1.24. The Bertz CT molecular complexity index is 111. The van der Waals surface area contributed by atoms with Crippen LogP contribution in [0.4, 0.5) is 0 Å². The standard InChI is InChI=1S/C7H14N2/c8-7-5-9-3-1-2-6(7)4-9/h6-7H,1-5,8H2/t6-,7-/m0/s1. The minimum atomic E-state index is 0.493. The summed E-state index contributed by atoms with van der Waals surface area (Å²) in [6, 6.07) is 0.493. The van der Waals surface area contributed by atoms with E-state index >= 15 is 0 Å². The van der Waals surface area contributed by atoms with Crippen LogP contribution < -0.4 is 5.73 Å². The van der Waals surface area contributed by atoms with Crippen molar-refractivity contribution in [3.8, 4) is 0 Å². The Labute approximate surface area is 56.0 Å². The molecule has 9 heavy (non-hydrogen) atoms. The third-order valence-corrected chi connectivity index (χ3v) is 2.62. The van der Waals surface area contributed by atoms with Crippen LogP contribution in [0.5, 0.6) is 0 Å². The highest BCUT2D eigenvalue weighted by Gasteiger charge is 2.32. The molecule has 0 saturated carbocycles. The first-order chi connectivity index (χ1) is 4.36. The number of piperidine rings is 1. The molecule has 2 heterocycles. The monoisotopic (exact) mass is 126 g/mol. The fourth-order valence-corrected chi connectivity index (χ4v) is 2.05. The zero-order valence-electron chi connectivity index (χ0n) is 5.71. The highest BCUT2D eigenvalue weighted by molar-refractivity contribution is 4.89. The topological polar surface area (TPSA) is 29.3 Å². The Morgan fingerprint density at radius 1 is 1.33 bits per heavy atom. The van der Waals surface area contributed by atoms with Gasteiger partial charge in [0.25, 0.3) is 0 Å². The summed E-state index contributed by atoms with van der Waals surface area (Å²) in [5.74, 6) is 0.832. The van der Waals surface area contributed by atoms with Gasteiger partial charge in [-0.15, -0.1) is 0 Å². The van der Waals surface area contributed by atoms with Gasteiger partial charge < -0.3 is 10.6 Å². The molecule has 0 aromatic heterocycles. The maximum Gasteiger partial charge on any atom is 0.0208 e. The van der Waals surface area contributed by atoms with Crippen molar-refractivity contribution in [3.63, 3.8) is 0 Å². The van der Waals surface area contributed by atoms with Gasteiger partial charge in [-0.2, -0.15) is 0 Å². The SMILES string of the molecule is N[C@H]1CN2CCC[C@H]1C2. The van der Waals surface area contributed by atoms with Gasteiger partial charge in [0.15, 0.2) is 0 Å². The van der Waals surface area contributed by atoms with Crippen molar-refractivity contribution in [2.75, 3.05) is 19.6 Å². The van der Waals surface area contributed by atoms with Gasteiger partial charge in [0.1, 0.15) is 0 Å². The number of fused-ring (bicyclic) bond motifs is 2. The van der Waals surface area contributed by atoms with E-state index < -0.39 is 0 Å². The predicted octanol–water partition coefficient (Wildman–Crippen LogP) is 0.0393. The molecule has 2 saturated heterocycles. The molecule has 2 nitrogen and oxygen atoms in total. The third kappa shape index (κ3) is 0.864. The fourth-order valence-electron chi connectivity index (χ4n) is 2.05. The summed E-state index contributed by atoms with van der Waals surface area (Å²) >= 11 is 0. The molecule has 0 aliphatic carbocycles. The normalized spacial score (nSPS) is 49.7. The summed E-state index contributed by atoms with van der Waals surface area (Å²) in [6.45, 7) is 3.73. The summed E-state index contributed by atoms with van der Waals surface area (Å²) in [5, 5.41) is 0. The average molecular weight is 126 g/mol. The number of hydrogen-bond acceptors (Lipinski definition) is 2. The molecule has 0 aromatic rings. The van der Waals surface area contributed by atoms with Gasteiger partial charge in [0.2, 0.25) is 0 Å². The minimum Gasteiger partial charge on any atom is -0.326 e. The first-order valence-corrected chi connectivity index (χ1v) is 3.84. The van der Waals surface area contributed by atoms with E-state index in [1.807, 2.05) is 0 Å². The lowest BCUT2D eigenvalue weighted by Crippen LogP contribution is -2.27.